The first-order valence-corrected chi connectivity index (χ1v) is 13.3. The van der Waals surface area contributed by atoms with E-state index in [9.17, 15) is 4.79 Å². The summed E-state index contributed by atoms with van der Waals surface area (Å²) in [4.78, 5) is 16.1. The van der Waals surface area contributed by atoms with Gasteiger partial charge < -0.3 is 19.6 Å². The average Bonchev–Trinajstić information content (AvgIpc) is 3.55. The first kappa shape index (κ1) is 24.4. The number of nitrogens with one attached hydrogen (secondary N) is 1. The third kappa shape index (κ3) is 6.66. The largest absolute Gasteiger partial charge is 0.481 e. The molecule has 3 aliphatic rings. The molecule has 0 radical (unpaired) electrons. The molecular formula is C26H38N2O4S. The van der Waals surface area contributed by atoms with E-state index in [-0.39, 0.29) is 24.5 Å². The molecule has 0 amide bonds. The maximum atomic E-state index is 10.7. The maximum absolute atomic E-state index is 10.7. The van der Waals surface area contributed by atoms with Crippen molar-refractivity contribution >= 4 is 23.2 Å². The van der Waals surface area contributed by atoms with Gasteiger partial charge in [0.25, 0.3) is 0 Å². The monoisotopic (exact) mass is 474 g/mol. The van der Waals surface area contributed by atoms with E-state index in [1.54, 1.807) is 6.26 Å². The number of aliphatic carboxylic acids is 1. The van der Waals surface area contributed by atoms with Gasteiger partial charge in [-0.25, -0.2) is 4.98 Å². The fourth-order valence-corrected chi connectivity index (χ4v) is 6.06. The summed E-state index contributed by atoms with van der Waals surface area (Å²) >= 11 is 5.58. The van der Waals surface area contributed by atoms with Gasteiger partial charge in [0, 0.05) is 18.9 Å². The highest BCUT2D eigenvalue weighted by molar-refractivity contribution is 7.80. The quantitative estimate of drug-likeness (QED) is 0.226. The number of hydrogen-bond donors (Lipinski definition) is 2. The van der Waals surface area contributed by atoms with Crippen LogP contribution in [0.25, 0.3) is 0 Å². The number of nitrogens with zero attached hydrogens (tertiary/aromatic N) is 1. The molecule has 33 heavy (non-hydrogen) atoms. The number of oxazole rings is 1. The van der Waals surface area contributed by atoms with Crippen LogP contribution >= 0.6 is 12.2 Å². The van der Waals surface area contributed by atoms with Crippen LogP contribution in [0, 0.1) is 11.8 Å². The Morgan fingerprint density at radius 1 is 1.15 bits per heavy atom. The Morgan fingerprint density at radius 2 is 1.97 bits per heavy atom. The van der Waals surface area contributed by atoms with Gasteiger partial charge in [0.2, 0.25) is 5.89 Å². The molecule has 1 saturated carbocycles. The summed E-state index contributed by atoms with van der Waals surface area (Å²) in [6.45, 7) is 0.884. The number of rotatable bonds is 12. The first-order valence-electron chi connectivity index (χ1n) is 12.9. The van der Waals surface area contributed by atoms with Gasteiger partial charge in [-0.05, 0) is 38.0 Å². The van der Waals surface area contributed by atoms with Crippen molar-refractivity contribution in [2.75, 3.05) is 6.54 Å². The number of aromatic nitrogens is 1. The Labute approximate surface area is 202 Å². The van der Waals surface area contributed by atoms with E-state index in [1.807, 2.05) is 6.08 Å². The molecule has 4 rings (SSSR count). The Kier molecular flexibility index (Phi) is 8.96. The number of carbonyl (C=O) groups is 1. The van der Waals surface area contributed by atoms with Crippen molar-refractivity contribution in [3.05, 3.63) is 30.0 Å². The zero-order valence-electron chi connectivity index (χ0n) is 19.5. The number of allylic oxidation sites excluding steroid dienone is 2. The van der Waals surface area contributed by atoms with E-state index in [4.69, 9.17) is 31.5 Å². The summed E-state index contributed by atoms with van der Waals surface area (Å²) in [5.74, 6) is 1.36. The van der Waals surface area contributed by atoms with Gasteiger partial charge in [-0.2, -0.15) is 0 Å². The summed E-state index contributed by atoms with van der Waals surface area (Å²) in [5, 5.41) is 12.2. The second-order valence-electron chi connectivity index (χ2n) is 9.95. The van der Waals surface area contributed by atoms with E-state index in [2.05, 4.69) is 11.4 Å². The van der Waals surface area contributed by atoms with Crippen LogP contribution in [-0.4, -0.2) is 39.8 Å². The molecule has 4 atom stereocenters. The molecule has 2 bridgehead atoms. The van der Waals surface area contributed by atoms with Crippen LogP contribution in [-0.2, 0) is 9.53 Å². The Bertz CT molecular complexity index is 817. The molecule has 3 heterocycles. The summed E-state index contributed by atoms with van der Waals surface area (Å²) < 4.78 is 12.1. The van der Waals surface area contributed by atoms with Crippen LogP contribution in [0.4, 0.5) is 0 Å². The summed E-state index contributed by atoms with van der Waals surface area (Å²) in [5.41, 5.74) is 0.714. The molecule has 7 heteroatoms. The number of unbranched alkanes of at least 4 members (excludes halogenated alkanes) is 1. The third-order valence-electron chi connectivity index (χ3n) is 7.61. The highest BCUT2D eigenvalue weighted by Gasteiger charge is 2.51. The first-order chi connectivity index (χ1) is 16.1. The van der Waals surface area contributed by atoms with Gasteiger partial charge >= 0.3 is 5.97 Å². The lowest BCUT2D eigenvalue weighted by Crippen LogP contribution is -2.26. The SMILES string of the molecule is O=C(O)CC/C=C\CC1[C@@H]2CC[C@@H](O2)[C@H]1c1nc(C(=S)NCCCCC2CCCCC2)co1. The van der Waals surface area contributed by atoms with Crippen LogP contribution in [0.3, 0.4) is 0 Å². The predicted molar refractivity (Wildman–Crippen MR) is 131 cm³/mol. The van der Waals surface area contributed by atoms with Crippen molar-refractivity contribution in [1.82, 2.24) is 10.3 Å². The van der Waals surface area contributed by atoms with Crippen molar-refractivity contribution in [2.24, 2.45) is 11.8 Å². The molecular weight excluding hydrogens is 436 g/mol. The molecule has 3 fully saturated rings. The maximum Gasteiger partial charge on any atom is 0.303 e. The van der Waals surface area contributed by atoms with Crippen LogP contribution in [0.15, 0.2) is 22.8 Å². The molecule has 0 aromatic carbocycles. The molecule has 6 nitrogen and oxygen atoms in total. The van der Waals surface area contributed by atoms with Gasteiger partial charge in [-0.15, -0.1) is 0 Å². The fourth-order valence-electron chi connectivity index (χ4n) is 5.87. The minimum absolute atomic E-state index is 0.139. The lowest BCUT2D eigenvalue weighted by atomic mass is 9.77. The Hall–Kier alpha value is -1.73. The molecule has 182 valence electrons. The molecule has 1 aromatic rings. The van der Waals surface area contributed by atoms with Crippen molar-refractivity contribution in [3.63, 3.8) is 0 Å². The predicted octanol–water partition coefficient (Wildman–Crippen LogP) is 5.76. The summed E-state index contributed by atoms with van der Waals surface area (Å²) in [6, 6.07) is 0. The summed E-state index contributed by atoms with van der Waals surface area (Å²) in [7, 11) is 0. The number of thiocarbonyl (C=S) groups is 1. The van der Waals surface area contributed by atoms with Crippen molar-refractivity contribution in [2.45, 2.75) is 102 Å². The highest BCUT2D eigenvalue weighted by atomic mass is 32.1. The molecule has 2 aliphatic heterocycles. The fraction of sp³-hybridized carbons (Fsp3) is 0.731. The number of carboxylic acids is 1. The molecule has 2 saturated heterocycles. The minimum Gasteiger partial charge on any atom is -0.481 e. The van der Waals surface area contributed by atoms with Gasteiger partial charge in [-0.1, -0.05) is 69.3 Å². The zero-order valence-corrected chi connectivity index (χ0v) is 20.4. The number of carboxylic acid groups (broad SMARTS) is 1. The van der Waals surface area contributed by atoms with E-state index in [0.29, 0.717) is 23.0 Å². The minimum atomic E-state index is -0.762. The molecule has 1 aromatic heterocycles. The van der Waals surface area contributed by atoms with Crippen LogP contribution in [0.2, 0.25) is 0 Å². The smallest absolute Gasteiger partial charge is 0.303 e. The topological polar surface area (TPSA) is 84.6 Å². The van der Waals surface area contributed by atoms with Crippen molar-refractivity contribution < 1.29 is 19.1 Å². The Morgan fingerprint density at radius 3 is 2.79 bits per heavy atom. The van der Waals surface area contributed by atoms with E-state index in [0.717, 1.165) is 44.0 Å². The van der Waals surface area contributed by atoms with E-state index in [1.165, 1.54) is 44.9 Å². The van der Waals surface area contributed by atoms with Gasteiger partial charge in [-0.3, -0.25) is 4.79 Å². The third-order valence-corrected chi connectivity index (χ3v) is 7.97. The zero-order chi connectivity index (χ0) is 23.0. The van der Waals surface area contributed by atoms with Gasteiger partial charge in [0.15, 0.2) is 0 Å². The van der Waals surface area contributed by atoms with E-state index < -0.39 is 5.97 Å². The summed E-state index contributed by atoms with van der Waals surface area (Å²) in [6.07, 6.45) is 20.6. The lowest BCUT2D eigenvalue weighted by molar-refractivity contribution is -0.136. The van der Waals surface area contributed by atoms with Crippen LogP contribution in [0.5, 0.6) is 0 Å². The lowest BCUT2D eigenvalue weighted by Gasteiger charge is -2.24. The normalized spacial score (nSPS) is 27.4. The number of hydrogen-bond acceptors (Lipinski definition) is 5. The highest BCUT2D eigenvalue weighted by Crippen LogP contribution is 2.50. The number of ether oxygens (including phenoxy) is 1. The second-order valence-corrected chi connectivity index (χ2v) is 10.4. The standard InChI is InChI=1S/C26H38N2O4S/c29-23(30)13-6-2-5-12-19-21-14-15-22(32-21)24(19)25-28-20(17-31-25)26(33)27-16-8-7-11-18-9-3-1-4-10-18/h2,5,17-19,21-22,24H,1,3-4,6-16H2,(H,27,33)(H,29,30)/b5-2-/t19?,21-,22+,24-/m0/s1. The average molecular weight is 475 g/mol. The van der Waals surface area contributed by atoms with Crippen LogP contribution in [0.1, 0.15) is 101 Å². The number of fused-ring (bicyclic) bond motifs is 2. The molecule has 2 N–H and O–H groups in total. The molecule has 1 aliphatic carbocycles. The van der Waals surface area contributed by atoms with Gasteiger partial charge in [0.05, 0.1) is 18.1 Å². The van der Waals surface area contributed by atoms with Crippen LogP contribution < -0.4 is 5.32 Å². The second kappa shape index (κ2) is 12.1. The Balaban J connectivity index is 1.23. The van der Waals surface area contributed by atoms with E-state index >= 15 is 0 Å². The van der Waals surface area contributed by atoms with Crippen molar-refractivity contribution in [1.29, 1.82) is 0 Å². The van der Waals surface area contributed by atoms with Crippen molar-refractivity contribution in [3.8, 4) is 0 Å². The molecule has 1 unspecified atom stereocenters. The molecule has 0 spiro atoms. The van der Waals surface area contributed by atoms with Gasteiger partial charge in [0.1, 0.15) is 16.9 Å².